The molecule has 2 aliphatic heterocycles. The van der Waals surface area contributed by atoms with Crippen LogP contribution in [0.5, 0.6) is 0 Å². The first-order chi connectivity index (χ1) is 9.38. The molecular formula is C15H30N2O2. The zero-order valence-corrected chi connectivity index (χ0v) is 12.4. The van der Waals surface area contributed by atoms with Crippen LogP contribution in [-0.2, 0) is 9.47 Å². The van der Waals surface area contributed by atoms with Crippen molar-refractivity contribution in [1.29, 1.82) is 0 Å². The lowest BCUT2D eigenvalue weighted by atomic mass is 9.99. The van der Waals surface area contributed by atoms with Gasteiger partial charge in [-0.1, -0.05) is 6.92 Å². The van der Waals surface area contributed by atoms with Crippen molar-refractivity contribution in [3.8, 4) is 0 Å². The SMILES string of the molecule is CCN(CCOC1CCCCO1)CC1CCCNC1. The van der Waals surface area contributed by atoms with Gasteiger partial charge in [0.05, 0.1) is 6.61 Å². The van der Waals surface area contributed by atoms with Gasteiger partial charge in [0.1, 0.15) is 0 Å². The molecule has 2 rings (SSSR count). The molecule has 2 atom stereocenters. The van der Waals surface area contributed by atoms with Gasteiger partial charge in [-0.25, -0.2) is 0 Å². The standard InChI is InChI=1S/C15H30N2O2/c1-2-17(13-14-6-5-8-16-12-14)9-11-19-15-7-3-4-10-18-15/h14-16H,2-13H2,1H3. The summed E-state index contributed by atoms with van der Waals surface area (Å²) < 4.78 is 11.4. The second-order valence-corrected chi connectivity index (χ2v) is 5.77. The van der Waals surface area contributed by atoms with Gasteiger partial charge in [-0.2, -0.15) is 0 Å². The Morgan fingerprint density at radius 3 is 2.89 bits per heavy atom. The number of hydrogen-bond donors (Lipinski definition) is 1. The number of rotatable bonds is 7. The summed E-state index contributed by atoms with van der Waals surface area (Å²) in [5.41, 5.74) is 0. The minimum absolute atomic E-state index is 0.0591. The summed E-state index contributed by atoms with van der Waals surface area (Å²) in [4.78, 5) is 2.51. The average molecular weight is 270 g/mol. The van der Waals surface area contributed by atoms with Gasteiger partial charge in [0.2, 0.25) is 0 Å². The molecule has 2 saturated heterocycles. The zero-order valence-electron chi connectivity index (χ0n) is 12.4. The highest BCUT2D eigenvalue weighted by molar-refractivity contribution is 4.72. The van der Waals surface area contributed by atoms with Gasteiger partial charge in [0.25, 0.3) is 0 Å². The Labute approximate surface area is 117 Å². The van der Waals surface area contributed by atoms with Crippen LogP contribution in [0.25, 0.3) is 0 Å². The fraction of sp³-hybridized carbons (Fsp3) is 1.00. The van der Waals surface area contributed by atoms with E-state index in [4.69, 9.17) is 9.47 Å². The summed E-state index contributed by atoms with van der Waals surface area (Å²) in [6.45, 7) is 9.66. The zero-order chi connectivity index (χ0) is 13.3. The number of nitrogens with zero attached hydrogens (tertiary/aromatic N) is 1. The van der Waals surface area contributed by atoms with Crippen LogP contribution in [0.4, 0.5) is 0 Å². The Bertz CT molecular complexity index is 226. The van der Waals surface area contributed by atoms with Crippen LogP contribution in [0, 0.1) is 5.92 Å². The number of nitrogens with one attached hydrogen (secondary N) is 1. The maximum Gasteiger partial charge on any atom is 0.157 e. The quantitative estimate of drug-likeness (QED) is 0.765. The van der Waals surface area contributed by atoms with E-state index in [1.165, 1.54) is 45.3 Å². The van der Waals surface area contributed by atoms with Crippen molar-refractivity contribution in [2.45, 2.75) is 45.3 Å². The molecule has 0 aromatic carbocycles. The second kappa shape index (κ2) is 8.90. The third-order valence-electron chi connectivity index (χ3n) is 4.21. The molecule has 0 radical (unpaired) electrons. The molecule has 2 fully saturated rings. The Morgan fingerprint density at radius 2 is 2.21 bits per heavy atom. The van der Waals surface area contributed by atoms with E-state index < -0.39 is 0 Å². The molecule has 0 spiro atoms. The number of piperidine rings is 1. The molecule has 0 aromatic rings. The van der Waals surface area contributed by atoms with Crippen LogP contribution < -0.4 is 5.32 Å². The first kappa shape index (κ1) is 15.2. The van der Waals surface area contributed by atoms with Crippen LogP contribution in [-0.4, -0.2) is 57.1 Å². The van der Waals surface area contributed by atoms with E-state index in [1.54, 1.807) is 0 Å². The van der Waals surface area contributed by atoms with Crippen molar-refractivity contribution in [3.05, 3.63) is 0 Å². The van der Waals surface area contributed by atoms with Gasteiger partial charge in [-0.3, -0.25) is 0 Å². The highest BCUT2D eigenvalue weighted by atomic mass is 16.7. The minimum Gasteiger partial charge on any atom is -0.353 e. The molecule has 2 aliphatic rings. The highest BCUT2D eigenvalue weighted by Crippen LogP contribution is 2.14. The van der Waals surface area contributed by atoms with E-state index in [-0.39, 0.29) is 6.29 Å². The monoisotopic (exact) mass is 270 g/mol. The normalized spacial score (nSPS) is 28.7. The predicted octanol–water partition coefficient (Wildman–Crippen LogP) is 1.85. The molecular weight excluding hydrogens is 240 g/mol. The largest absolute Gasteiger partial charge is 0.353 e. The molecule has 1 N–H and O–H groups in total. The summed E-state index contributed by atoms with van der Waals surface area (Å²) in [5.74, 6) is 0.819. The molecule has 0 bridgehead atoms. The maximum absolute atomic E-state index is 5.82. The summed E-state index contributed by atoms with van der Waals surface area (Å²) in [5, 5.41) is 3.49. The topological polar surface area (TPSA) is 33.7 Å². The number of likely N-dealkylation sites (N-methyl/N-ethyl adjacent to an activating group) is 1. The third kappa shape index (κ3) is 5.78. The number of ether oxygens (including phenoxy) is 2. The fourth-order valence-corrected chi connectivity index (χ4v) is 2.98. The predicted molar refractivity (Wildman–Crippen MR) is 77.3 cm³/mol. The Hall–Kier alpha value is -0.160. The molecule has 4 nitrogen and oxygen atoms in total. The Kier molecular flexibility index (Phi) is 7.14. The molecule has 2 unspecified atom stereocenters. The molecule has 2 heterocycles. The van der Waals surface area contributed by atoms with E-state index in [0.717, 1.165) is 38.6 Å². The van der Waals surface area contributed by atoms with Crippen molar-refractivity contribution < 1.29 is 9.47 Å². The summed E-state index contributed by atoms with van der Waals surface area (Å²) >= 11 is 0. The summed E-state index contributed by atoms with van der Waals surface area (Å²) in [7, 11) is 0. The molecule has 19 heavy (non-hydrogen) atoms. The Morgan fingerprint density at radius 1 is 1.26 bits per heavy atom. The maximum atomic E-state index is 5.82. The van der Waals surface area contributed by atoms with Gasteiger partial charge in [-0.15, -0.1) is 0 Å². The van der Waals surface area contributed by atoms with Gasteiger partial charge in [-0.05, 0) is 57.7 Å². The fourth-order valence-electron chi connectivity index (χ4n) is 2.98. The average Bonchev–Trinajstić information content (AvgIpc) is 2.48. The van der Waals surface area contributed by atoms with Crippen LogP contribution >= 0.6 is 0 Å². The van der Waals surface area contributed by atoms with E-state index >= 15 is 0 Å². The molecule has 112 valence electrons. The van der Waals surface area contributed by atoms with Gasteiger partial charge in [0.15, 0.2) is 6.29 Å². The first-order valence-electron chi connectivity index (χ1n) is 8.04. The second-order valence-electron chi connectivity index (χ2n) is 5.77. The first-order valence-corrected chi connectivity index (χ1v) is 8.04. The molecule has 0 aromatic heterocycles. The van der Waals surface area contributed by atoms with Crippen molar-refractivity contribution in [2.24, 2.45) is 5.92 Å². The summed E-state index contributed by atoms with van der Waals surface area (Å²) in [6.07, 6.45) is 6.26. The van der Waals surface area contributed by atoms with E-state index in [2.05, 4.69) is 17.1 Å². The van der Waals surface area contributed by atoms with Crippen molar-refractivity contribution in [3.63, 3.8) is 0 Å². The van der Waals surface area contributed by atoms with Gasteiger partial charge >= 0.3 is 0 Å². The van der Waals surface area contributed by atoms with Crippen molar-refractivity contribution in [1.82, 2.24) is 10.2 Å². The van der Waals surface area contributed by atoms with E-state index in [1.807, 2.05) is 0 Å². The van der Waals surface area contributed by atoms with Crippen LogP contribution in [0.1, 0.15) is 39.0 Å². The van der Waals surface area contributed by atoms with Crippen LogP contribution in [0.3, 0.4) is 0 Å². The Balaban J connectivity index is 1.58. The lowest BCUT2D eigenvalue weighted by Crippen LogP contribution is -2.39. The molecule has 0 aliphatic carbocycles. The smallest absolute Gasteiger partial charge is 0.157 e. The lowest BCUT2D eigenvalue weighted by Gasteiger charge is -2.30. The third-order valence-corrected chi connectivity index (χ3v) is 4.21. The van der Waals surface area contributed by atoms with E-state index in [0.29, 0.717) is 0 Å². The van der Waals surface area contributed by atoms with Gasteiger partial charge in [0, 0.05) is 19.7 Å². The van der Waals surface area contributed by atoms with E-state index in [9.17, 15) is 0 Å². The highest BCUT2D eigenvalue weighted by Gasteiger charge is 2.17. The molecule has 0 saturated carbocycles. The lowest BCUT2D eigenvalue weighted by molar-refractivity contribution is -0.164. The minimum atomic E-state index is 0.0591. The number of hydrogen-bond acceptors (Lipinski definition) is 4. The summed E-state index contributed by atoms with van der Waals surface area (Å²) in [6, 6.07) is 0. The molecule has 4 heteroatoms. The van der Waals surface area contributed by atoms with Crippen LogP contribution in [0.15, 0.2) is 0 Å². The van der Waals surface area contributed by atoms with Gasteiger partial charge < -0.3 is 19.7 Å². The molecule has 0 amide bonds. The van der Waals surface area contributed by atoms with Crippen molar-refractivity contribution in [2.75, 3.05) is 45.9 Å². The van der Waals surface area contributed by atoms with Crippen LogP contribution in [0.2, 0.25) is 0 Å². The van der Waals surface area contributed by atoms with Crippen molar-refractivity contribution >= 4 is 0 Å².